The minimum Gasteiger partial charge on any atom is -0.392 e. The maximum absolute atomic E-state index is 11.4. The summed E-state index contributed by atoms with van der Waals surface area (Å²) in [5, 5.41) is -0.802. The molecule has 0 bridgehead atoms. The van der Waals surface area contributed by atoms with Gasteiger partial charge in [0.1, 0.15) is 5.25 Å². The van der Waals surface area contributed by atoms with Crippen LogP contribution in [0.25, 0.3) is 0 Å². The maximum Gasteiger partial charge on any atom is 0.220 e. The highest BCUT2D eigenvalue weighted by Crippen LogP contribution is 1.98. The lowest BCUT2D eigenvalue weighted by atomic mass is 10.5. The maximum atomic E-state index is 11.4. The Morgan fingerprint density at radius 3 is 2.62 bits per heavy atom. The largest absolute Gasteiger partial charge is 0.392 e. The number of nitrogens with one attached hydrogen (secondary N) is 1. The van der Waals surface area contributed by atoms with Crippen LogP contribution in [0.5, 0.6) is 0 Å². The van der Waals surface area contributed by atoms with Crippen LogP contribution < -0.4 is 10.5 Å². The molecule has 0 saturated heterocycles. The van der Waals surface area contributed by atoms with E-state index in [-0.39, 0.29) is 4.99 Å². The van der Waals surface area contributed by atoms with Crippen molar-refractivity contribution in [1.82, 2.24) is 4.72 Å². The summed E-state index contributed by atoms with van der Waals surface area (Å²) >= 11 is 6.17. The second-order valence-electron chi connectivity index (χ2n) is 2.48. The smallest absolute Gasteiger partial charge is 0.220 e. The van der Waals surface area contributed by atoms with E-state index in [4.69, 9.17) is 5.73 Å². The number of rotatable bonds is 6. The van der Waals surface area contributed by atoms with Crippen LogP contribution in [0.1, 0.15) is 6.92 Å². The highest BCUT2D eigenvalue weighted by molar-refractivity contribution is 7.98. The van der Waals surface area contributed by atoms with Crippen molar-refractivity contribution in [3.8, 4) is 0 Å². The van der Waals surface area contributed by atoms with Gasteiger partial charge in [-0.1, -0.05) is 12.2 Å². The van der Waals surface area contributed by atoms with Crippen LogP contribution >= 0.6 is 24.0 Å². The zero-order valence-electron chi connectivity index (χ0n) is 7.61. The first-order valence-electron chi connectivity index (χ1n) is 3.68. The van der Waals surface area contributed by atoms with Gasteiger partial charge in [-0.3, -0.25) is 0 Å². The normalized spacial score (nSPS) is 14.0. The number of thioether (sulfide) groups is 1. The highest BCUT2D eigenvalue weighted by Gasteiger charge is 2.21. The van der Waals surface area contributed by atoms with E-state index < -0.39 is 15.3 Å². The van der Waals surface area contributed by atoms with Crippen molar-refractivity contribution in [3.63, 3.8) is 0 Å². The zero-order chi connectivity index (χ0) is 10.5. The average molecular weight is 242 g/mol. The van der Waals surface area contributed by atoms with Crippen LogP contribution in [-0.2, 0) is 10.0 Å². The molecule has 0 radical (unpaired) electrons. The summed E-state index contributed by atoms with van der Waals surface area (Å²) < 4.78 is 25.1. The van der Waals surface area contributed by atoms with Gasteiger partial charge in [-0.25, -0.2) is 13.1 Å². The van der Waals surface area contributed by atoms with Crippen molar-refractivity contribution in [3.05, 3.63) is 0 Å². The Hall–Kier alpha value is 0.150. The van der Waals surface area contributed by atoms with Gasteiger partial charge in [0, 0.05) is 12.3 Å². The zero-order valence-corrected chi connectivity index (χ0v) is 10.1. The van der Waals surface area contributed by atoms with Crippen molar-refractivity contribution in [2.45, 2.75) is 12.2 Å². The number of hydrogen-bond donors (Lipinski definition) is 2. The van der Waals surface area contributed by atoms with E-state index in [2.05, 4.69) is 16.9 Å². The molecule has 0 heterocycles. The van der Waals surface area contributed by atoms with Crippen LogP contribution in [-0.4, -0.2) is 37.2 Å². The first-order valence-corrected chi connectivity index (χ1v) is 7.03. The van der Waals surface area contributed by atoms with Crippen LogP contribution in [0.3, 0.4) is 0 Å². The predicted molar refractivity (Wildman–Crippen MR) is 61.6 cm³/mol. The van der Waals surface area contributed by atoms with Gasteiger partial charge in [0.2, 0.25) is 10.0 Å². The molecule has 0 saturated carbocycles. The van der Waals surface area contributed by atoms with Crippen molar-refractivity contribution in [1.29, 1.82) is 0 Å². The van der Waals surface area contributed by atoms with Crippen LogP contribution in [0, 0.1) is 0 Å². The molecule has 13 heavy (non-hydrogen) atoms. The molecule has 0 aromatic carbocycles. The molecule has 0 amide bonds. The van der Waals surface area contributed by atoms with E-state index in [1.807, 2.05) is 6.26 Å². The Balaban J connectivity index is 4.16. The van der Waals surface area contributed by atoms with Crippen LogP contribution in [0.4, 0.5) is 0 Å². The molecular weight excluding hydrogens is 228 g/mol. The standard InChI is InChI=1S/C6H14N2O2S3/c1-5(6(7)11)13(9,10)8-3-4-12-2/h5,8H,3-4H2,1-2H3,(H2,7,11). The fourth-order valence-corrected chi connectivity index (χ4v) is 2.32. The van der Waals surface area contributed by atoms with Gasteiger partial charge < -0.3 is 5.73 Å². The molecule has 0 aromatic heterocycles. The van der Waals surface area contributed by atoms with E-state index >= 15 is 0 Å². The molecule has 78 valence electrons. The van der Waals surface area contributed by atoms with Crippen molar-refractivity contribution < 1.29 is 8.42 Å². The highest BCUT2D eigenvalue weighted by atomic mass is 32.2. The lowest BCUT2D eigenvalue weighted by Gasteiger charge is -2.11. The van der Waals surface area contributed by atoms with Gasteiger partial charge in [-0.15, -0.1) is 0 Å². The molecule has 0 rings (SSSR count). The lowest BCUT2D eigenvalue weighted by molar-refractivity contribution is 0.581. The predicted octanol–water partition coefficient (Wildman–Crippen LogP) is -0.0566. The molecule has 0 aliphatic rings. The quantitative estimate of drug-likeness (QED) is 0.504. The van der Waals surface area contributed by atoms with E-state index in [9.17, 15) is 8.42 Å². The summed E-state index contributed by atoms with van der Waals surface area (Å²) in [4.78, 5) is -0.00310. The molecule has 0 fully saturated rings. The first-order chi connectivity index (χ1) is 5.91. The molecule has 3 N–H and O–H groups in total. The molecule has 0 aliphatic heterocycles. The minimum atomic E-state index is -3.36. The van der Waals surface area contributed by atoms with Gasteiger partial charge in [-0.05, 0) is 13.2 Å². The van der Waals surface area contributed by atoms with Crippen LogP contribution in [0.15, 0.2) is 0 Å². The van der Waals surface area contributed by atoms with Crippen molar-refractivity contribution in [2.24, 2.45) is 5.73 Å². The second-order valence-corrected chi connectivity index (χ2v) is 6.02. The Kier molecular flexibility index (Phi) is 5.86. The monoisotopic (exact) mass is 242 g/mol. The Bertz CT molecular complexity index is 263. The molecule has 0 aromatic rings. The molecule has 7 heteroatoms. The van der Waals surface area contributed by atoms with E-state index in [1.54, 1.807) is 11.8 Å². The van der Waals surface area contributed by atoms with Gasteiger partial charge in [0.05, 0.1) is 4.99 Å². The first kappa shape index (κ1) is 13.2. The third kappa shape index (κ3) is 4.80. The summed E-state index contributed by atoms with van der Waals surface area (Å²) in [6, 6.07) is 0. The minimum absolute atomic E-state index is 0.00310. The van der Waals surface area contributed by atoms with E-state index in [0.29, 0.717) is 6.54 Å². The Morgan fingerprint density at radius 1 is 1.69 bits per heavy atom. The fourth-order valence-electron chi connectivity index (χ4n) is 0.564. The molecule has 1 atom stereocenters. The van der Waals surface area contributed by atoms with Gasteiger partial charge in [0.25, 0.3) is 0 Å². The molecule has 0 spiro atoms. The second kappa shape index (κ2) is 5.79. The number of nitrogens with two attached hydrogens (primary N) is 1. The molecular formula is C6H14N2O2S3. The average Bonchev–Trinajstić information content (AvgIpc) is 2.03. The summed E-state index contributed by atoms with van der Waals surface area (Å²) in [7, 11) is -3.36. The third-order valence-electron chi connectivity index (χ3n) is 1.48. The summed E-state index contributed by atoms with van der Waals surface area (Å²) in [5.41, 5.74) is 5.23. The summed E-state index contributed by atoms with van der Waals surface area (Å²) in [6.07, 6.45) is 1.91. The Morgan fingerprint density at radius 2 is 2.23 bits per heavy atom. The number of thiocarbonyl (C=S) groups is 1. The fraction of sp³-hybridized carbons (Fsp3) is 0.833. The molecule has 0 aliphatic carbocycles. The van der Waals surface area contributed by atoms with E-state index in [1.165, 1.54) is 6.92 Å². The Labute approximate surface area is 88.7 Å². The lowest BCUT2D eigenvalue weighted by Crippen LogP contribution is -2.40. The van der Waals surface area contributed by atoms with Gasteiger partial charge in [0.15, 0.2) is 0 Å². The summed E-state index contributed by atoms with van der Waals surface area (Å²) in [6.45, 7) is 1.89. The topological polar surface area (TPSA) is 72.2 Å². The van der Waals surface area contributed by atoms with Crippen LogP contribution in [0.2, 0.25) is 0 Å². The van der Waals surface area contributed by atoms with Gasteiger partial charge >= 0.3 is 0 Å². The van der Waals surface area contributed by atoms with Crippen molar-refractivity contribution >= 4 is 39.0 Å². The van der Waals surface area contributed by atoms with E-state index in [0.717, 1.165) is 5.75 Å². The number of sulfonamides is 1. The number of hydrogen-bond acceptors (Lipinski definition) is 4. The molecule has 4 nitrogen and oxygen atoms in total. The van der Waals surface area contributed by atoms with Crippen molar-refractivity contribution in [2.75, 3.05) is 18.6 Å². The van der Waals surface area contributed by atoms with Gasteiger partial charge in [-0.2, -0.15) is 11.8 Å². The molecule has 1 unspecified atom stereocenters. The SMILES string of the molecule is CSCCNS(=O)(=O)C(C)C(N)=S. The third-order valence-corrected chi connectivity index (χ3v) is 4.38. The summed E-state index contributed by atoms with van der Waals surface area (Å²) in [5.74, 6) is 0.739.